The van der Waals surface area contributed by atoms with Gasteiger partial charge in [-0.2, -0.15) is 5.26 Å². The lowest BCUT2D eigenvalue weighted by molar-refractivity contribution is 0.301. The summed E-state index contributed by atoms with van der Waals surface area (Å²) in [6.07, 6.45) is 0. The number of sulfonamides is 1. The molecule has 0 unspecified atom stereocenters. The van der Waals surface area contributed by atoms with E-state index in [1.807, 2.05) is 0 Å². The Bertz CT molecular complexity index is 522. The van der Waals surface area contributed by atoms with Crippen molar-refractivity contribution >= 4 is 21.6 Å². The highest BCUT2D eigenvalue weighted by Crippen LogP contribution is 2.19. The third-order valence-corrected chi connectivity index (χ3v) is 3.49. The Morgan fingerprint density at radius 2 is 2.19 bits per heavy atom. The lowest BCUT2D eigenvalue weighted by Crippen LogP contribution is -2.27. The SMILES string of the molecule is N#Cc1ccc(Cl)cc1S(=O)(=O)NCCO. The normalized spacial score (nSPS) is 11.1. The maximum absolute atomic E-state index is 11.7. The zero-order valence-electron chi connectivity index (χ0n) is 8.14. The number of hydrogen-bond donors (Lipinski definition) is 2. The van der Waals surface area contributed by atoms with E-state index >= 15 is 0 Å². The number of nitrogens with zero attached hydrogens (tertiary/aromatic N) is 1. The van der Waals surface area contributed by atoms with Gasteiger partial charge in [-0.15, -0.1) is 0 Å². The highest BCUT2D eigenvalue weighted by atomic mass is 35.5. The van der Waals surface area contributed by atoms with Crippen LogP contribution in [0.5, 0.6) is 0 Å². The first-order valence-corrected chi connectivity index (χ1v) is 6.17. The van der Waals surface area contributed by atoms with Crippen molar-refractivity contribution in [2.45, 2.75) is 4.90 Å². The predicted molar refractivity (Wildman–Crippen MR) is 58.4 cm³/mol. The molecule has 7 heteroatoms. The molecule has 5 nitrogen and oxygen atoms in total. The molecule has 0 heterocycles. The van der Waals surface area contributed by atoms with Crippen molar-refractivity contribution in [2.24, 2.45) is 0 Å². The smallest absolute Gasteiger partial charge is 0.242 e. The van der Waals surface area contributed by atoms with Crippen LogP contribution in [0.25, 0.3) is 0 Å². The van der Waals surface area contributed by atoms with Crippen LogP contribution in [0, 0.1) is 11.3 Å². The molecule has 0 spiro atoms. The second kappa shape index (κ2) is 5.27. The molecule has 0 saturated heterocycles. The fraction of sp³-hybridized carbons (Fsp3) is 0.222. The zero-order valence-corrected chi connectivity index (χ0v) is 9.72. The number of hydrogen-bond acceptors (Lipinski definition) is 4. The van der Waals surface area contributed by atoms with E-state index in [0.29, 0.717) is 0 Å². The Morgan fingerprint density at radius 1 is 1.50 bits per heavy atom. The van der Waals surface area contributed by atoms with Gasteiger partial charge < -0.3 is 5.11 Å². The van der Waals surface area contributed by atoms with Crippen molar-refractivity contribution in [1.82, 2.24) is 4.72 Å². The summed E-state index contributed by atoms with van der Waals surface area (Å²) in [5.41, 5.74) is 0.00911. The molecular formula is C9H9ClN2O3S. The van der Waals surface area contributed by atoms with E-state index in [2.05, 4.69) is 4.72 Å². The Labute approximate surface area is 98.3 Å². The fourth-order valence-corrected chi connectivity index (χ4v) is 2.51. The largest absolute Gasteiger partial charge is 0.395 e. The molecule has 16 heavy (non-hydrogen) atoms. The summed E-state index contributed by atoms with van der Waals surface area (Å²) in [5.74, 6) is 0. The summed E-state index contributed by atoms with van der Waals surface area (Å²) in [6.45, 7) is -0.429. The third-order valence-electron chi connectivity index (χ3n) is 1.76. The van der Waals surface area contributed by atoms with Crippen molar-refractivity contribution in [1.29, 1.82) is 5.26 Å². The summed E-state index contributed by atoms with van der Waals surface area (Å²) < 4.78 is 25.5. The molecule has 0 aliphatic rings. The molecule has 0 bridgehead atoms. The van der Waals surface area contributed by atoms with E-state index in [-0.39, 0.29) is 28.6 Å². The summed E-state index contributed by atoms with van der Waals surface area (Å²) in [5, 5.41) is 17.5. The maximum Gasteiger partial charge on any atom is 0.242 e. The van der Waals surface area contributed by atoms with Crippen LogP contribution >= 0.6 is 11.6 Å². The van der Waals surface area contributed by atoms with Crippen LogP contribution in [0.2, 0.25) is 5.02 Å². The monoisotopic (exact) mass is 260 g/mol. The second-order valence-electron chi connectivity index (χ2n) is 2.87. The first-order chi connectivity index (χ1) is 7.51. The van der Waals surface area contributed by atoms with E-state index in [4.69, 9.17) is 22.0 Å². The first-order valence-electron chi connectivity index (χ1n) is 4.31. The molecule has 0 fully saturated rings. The van der Waals surface area contributed by atoms with Gasteiger partial charge in [0.2, 0.25) is 10.0 Å². The second-order valence-corrected chi connectivity index (χ2v) is 5.05. The van der Waals surface area contributed by atoms with Crippen LogP contribution in [0.4, 0.5) is 0 Å². The minimum absolute atomic E-state index is 0.00911. The number of nitriles is 1. The molecule has 0 saturated carbocycles. The number of rotatable bonds is 4. The van der Waals surface area contributed by atoms with Gasteiger partial charge in [-0.25, -0.2) is 13.1 Å². The average Bonchev–Trinajstić information content (AvgIpc) is 2.26. The molecule has 1 aromatic carbocycles. The topological polar surface area (TPSA) is 90.2 Å². The van der Waals surface area contributed by atoms with Crippen LogP contribution in [-0.4, -0.2) is 26.7 Å². The average molecular weight is 261 g/mol. The molecule has 1 rings (SSSR count). The molecule has 2 N–H and O–H groups in total. The summed E-state index contributed by atoms with van der Waals surface area (Å²) >= 11 is 5.66. The van der Waals surface area contributed by atoms with Crippen LogP contribution < -0.4 is 4.72 Å². The van der Waals surface area contributed by atoms with Gasteiger partial charge in [-0.1, -0.05) is 11.6 Å². The molecule has 1 aromatic rings. The van der Waals surface area contributed by atoms with Gasteiger partial charge in [-0.05, 0) is 18.2 Å². The van der Waals surface area contributed by atoms with Crippen molar-refractivity contribution in [2.75, 3.05) is 13.2 Å². The van der Waals surface area contributed by atoms with Crippen molar-refractivity contribution in [3.8, 4) is 6.07 Å². The Kier molecular flexibility index (Phi) is 4.26. The molecule has 0 amide bonds. The predicted octanol–water partition coefficient (Wildman–Crippen LogP) is 0.482. The van der Waals surface area contributed by atoms with E-state index in [1.165, 1.54) is 18.2 Å². The number of aliphatic hydroxyl groups is 1. The zero-order chi connectivity index (χ0) is 12.2. The molecular weight excluding hydrogens is 252 g/mol. The quantitative estimate of drug-likeness (QED) is 0.824. The highest BCUT2D eigenvalue weighted by Gasteiger charge is 2.18. The Balaban J connectivity index is 3.22. The summed E-state index contributed by atoms with van der Waals surface area (Å²) in [7, 11) is -3.80. The van der Waals surface area contributed by atoms with Gasteiger partial charge in [0.25, 0.3) is 0 Å². The lowest BCUT2D eigenvalue weighted by atomic mass is 10.2. The standard InChI is InChI=1S/C9H9ClN2O3S/c10-8-2-1-7(6-11)9(5-8)16(14,15)12-3-4-13/h1-2,5,12-13H,3-4H2. The molecule has 0 aliphatic heterocycles. The minimum Gasteiger partial charge on any atom is -0.395 e. The van der Waals surface area contributed by atoms with Gasteiger partial charge in [0, 0.05) is 11.6 Å². The molecule has 0 aliphatic carbocycles. The van der Waals surface area contributed by atoms with E-state index in [9.17, 15) is 8.42 Å². The van der Waals surface area contributed by atoms with Gasteiger partial charge in [0.15, 0.2) is 0 Å². The Morgan fingerprint density at radius 3 is 2.75 bits per heavy atom. The minimum atomic E-state index is -3.80. The van der Waals surface area contributed by atoms with Crippen LogP contribution in [0.3, 0.4) is 0 Å². The Hall–Kier alpha value is -1.13. The highest BCUT2D eigenvalue weighted by molar-refractivity contribution is 7.89. The van der Waals surface area contributed by atoms with E-state index < -0.39 is 10.0 Å². The summed E-state index contributed by atoms with van der Waals surface area (Å²) in [6, 6.07) is 5.72. The first kappa shape index (κ1) is 12.9. The van der Waals surface area contributed by atoms with Crippen LogP contribution in [-0.2, 0) is 10.0 Å². The fourth-order valence-electron chi connectivity index (χ4n) is 1.07. The number of halogens is 1. The van der Waals surface area contributed by atoms with E-state index in [1.54, 1.807) is 6.07 Å². The molecule has 0 atom stereocenters. The number of benzene rings is 1. The van der Waals surface area contributed by atoms with Gasteiger partial charge in [0.05, 0.1) is 12.2 Å². The van der Waals surface area contributed by atoms with Crippen LogP contribution in [0.15, 0.2) is 23.1 Å². The van der Waals surface area contributed by atoms with Gasteiger partial charge >= 0.3 is 0 Å². The van der Waals surface area contributed by atoms with Crippen molar-refractivity contribution in [3.63, 3.8) is 0 Å². The lowest BCUT2D eigenvalue weighted by Gasteiger charge is -2.07. The third kappa shape index (κ3) is 2.93. The number of aliphatic hydroxyl groups excluding tert-OH is 1. The molecule has 0 radical (unpaired) electrons. The molecule has 86 valence electrons. The van der Waals surface area contributed by atoms with Crippen molar-refractivity contribution in [3.05, 3.63) is 28.8 Å². The maximum atomic E-state index is 11.7. The van der Waals surface area contributed by atoms with Crippen molar-refractivity contribution < 1.29 is 13.5 Å². The summed E-state index contributed by atoms with van der Waals surface area (Å²) in [4.78, 5) is -0.184. The van der Waals surface area contributed by atoms with Crippen LogP contribution in [0.1, 0.15) is 5.56 Å². The van der Waals surface area contributed by atoms with E-state index in [0.717, 1.165) is 0 Å². The number of nitrogens with one attached hydrogen (secondary N) is 1. The van der Waals surface area contributed by atoms with Gasteiger partial charge in [-0.3, -0.25) is 0 Å². The molecule has 0 aromatic heterocycles. The van der Waals surface area contributed by atoms with Gasteiger partial charge in [0.1, 0.15) is 11.0 Å².